The second kappa shape index (κ2) is 7.39. The lowest BCUT2D eigenvalue weighted by molar-refractivity contribution is -0.385. The molecule has 2 aromatic carbocycles. The largest absolute Gasteiger partial charge is 0.454 e. The minimum absolute atomic E-state index is 0.0166. The molecule has 0 saturated carbocycles. The standard InChI is InChI=1S/C16H15N3O6/c1-10(11-4-3-5-13(8-11)18(21)22)25-16(20)12-6-7-14(17-2)15(9-12)19(23)24/h3-10,17H,1-2H3/t10-/m0/s1. The quantitative estimate of drug-likeness (QED) is 0.483. The molecule has 0 amide bonds. The van der Waals surface area contributed by atoms with Crippen molar-refractivity contribution < 1.29 is 19.4 Å². The van der Waals surface area contributed by atoms with Crippen molar-refractivity contribution in [3.05, 3.63) is 73.8 Å². The van der Waals surface area contributed by atoms with Crippen molar-refractivity contribution in [1.82, 2.24) is 0 Å². The molecular weight excluding hydrogens is 330 g/mol. The fraction of sp³-hybridized carbons (Fsp3) is 0.188. The Morgan fingerprint density at radius 1 is 1.12 bits per heavy atom. The molecule has 1 N–H and O–H groups in total. The Labute approximate surface area is 142 Å². The Bertz CT molecular complexity index is 836. The molecule has 25 heavy (non-hydrogen) atoms. The summed E-state index contributed by atoms with van der Waals surface area (Å²) >= 11 is 0. The number of carbonyl (C=O) groups excluding carboxylic acids is 1. The summed E-state index contributed by atoms with van der Waals surface area (Å²) in [6.07, 6.45) is -0.754. The number of nitrogens with zero attached hydrogens (tertiary/aromatic N) is 2. The molecule has 0 aliphatic carbocycles. The van der Waals surface area contributed by atoms with Gasteiger partial charge in [-0.3, -0.25) is 20.2 Å². The highest BCUT2D eigenvalue weighted by molar-refractivity contribution is 5.91. The van der Waals surface area contributed by atoms with Crippen molar-refractivity contribution in [2.24, 2.45) is 0 Å². The van der Waals surface area contributed by atoms with Crippen molar-refractivity contribution >= 4 is 23.0 Å². The van der Waals surface area contributed by atoms with Gasteiger partial charge < -0.3 is 10.1 Å². The Hall–Kier alpha value is -3.49. The van der Waals surface area contributed by atoms with Crippen molar-refractivity contribution in [2.75, 3.05) is 12.4 Å². The summed E-state index contributed by atoms with van der Waals surface area (Å²) in [5.41, 5.74) is 0.370. The van der Waals surface area contributed by atoms with Crippen LogP contribution in [0.15, 0.2) is 42.5 Å². The summed E-state index contributed by atoms with van der Waals surface area (Å²) in [7, 11) is 1.53. The maximum atomic E-state index is 12.2. The molecule has 9 heteroatoms. The summed E-state index contributed by atoms with van der Waals surface area (Å²) in [6, 6.07) is 9.66. The molecule has 0 unspecified atom stereocenters. The number of carbonyl (C=O) groups is 1. The van der Waals surface area contributed by atoms with E-state index >= 15 is 0 Å². The summed E-state index contributed by atoms with van der Waals surface area (Å²) in [5, 5.41) is 24.5. The molecule has 1 atom stereocenters. The minimum atomic E-state index is -0.759. The third-order valence-corrected chi connectivity index (χ3v) is 3.53. The number of hydrogen-bond donors (Lipinski definition) is 1. The van der Waals surface area contributed by atoms with Crippen LogP contribution in [0.5, 0.6) is 0 Å². The van der Waals surface area contributed by atoms with Crippen molar-refractivity contribution in [3.63, 3.8) is 0 Å². The van der Waals surface area contributed by atoms with E-state index in [-0.39, 0.29) is 22.6 Å². The van der Waals surface area contributed by atoms with Crippen LogP contribution < -0.4 is 5.32 Å². The highest BCUT2D eigenvalue weighted by Crippen LogP contribution is 2.27. The minimum Gasteiger partial charge on any atom is -0.454 e. The molecule has 0 saturated heterocycles. The van der Waals surface area contributed by atoms with Crippen LogP contribution in [0.25, 0.3) is 0 Å². The number of hydrogen-bond acceptors (Lipinski definition) is 7. The van der Waals surface area contributed by atoms with Gasteiger partial charge in [0, 0.05) is 25.2 Å². The summed E-state index contributed by atoms with van der Waals surface area (Å²) in [5.74, 6) is -0.759. The van der Waals surface area contributed by atoms with Gasteiger partial charge in [-0.05, 0) is 24.6 Å². The number of rotatable bonds is 6. The fourth-order valence-electron chi connectivity index (χ4n) is 2.21. The first kappa shape index (κ1) is 17.9. The van der Waals surface area contributed by atoms with E-state index in [4.69, 9.17) is 4.74 Å². The molecule has 0 bridgehead atoms. The second-order valence-corrected chi connectivity index (χ2v) is 5.14. The lowest BCUT2D eigenvalue weighted by Crippen LogP contribution is -2.10. The van der Waals surface area contributed by atoms with Crippen LogP contribution in [0.1, 0.15) is 28.9 Å². The molecule has 0 aliphatic rings. The Morgan fingerprint density at radius 2 is 1.84 bits per heavy atom. The van der Waals surface area contributed by atoms with Crippen LogP contribution in [0.2, 0.25) is 0 Å². The highest BCUT2D eigenvalue weighted by atomic mass is 16.6. The molecule has 2 aromatic rings. The van der Waals surface area contributed by atoms with Crippen molar-refractivity contribution in [1.29, 1.82) is 0 Å². The SMILES string of the molecule is CNc1ccc(C(=O)O[C@@H](C)c2cccc([N+](=O)[O-])c2)cc1[N+](=O)[O-]. The number of anilines is 1. The Balaban J connectivity index is 2.21. The first-order chi connectivity index (χ1) is 11.8. The molecular formula is C16H15N3O6. The molecule has 2 rings (SSSR count). The number of non-ortho nitro benzene ring substituents is 1. The third kappa shape index (κ3) is 4.08. The van der Waals surface area contributed by atoms with Gasteiger partial charge in [-0.25, -0.2) is 4.79 Å². The second-order valence-electron chi connectivity index (χ2n) is 5.14. The van der Waals surface area contributed by atoms with Gasteiger partial charge >= 0.3 is 5.97 Å². The van der Waals surface area contributed by atoms with Gasteiger partial charge in [-0.2, -0.15) is 0 Å². The van der Waals surface area contributed by atoms with Crippen LogP contribution in [0.4, 0.5) is 17.1 Å². The van der Waals surface area contributed by atoms with Crippen LogP contribution in [-0.4, -0.2) is 22.9 Å². The summed E-state index contributed by atoms with van der Waals surface area (Å²) in [4.78, 5) is 32.9. The molecule has 0 radical (unpaired) electrons. The van der Waals surface area contributed by atoms with E-state index in [1.165, 1.54) is 37.4 Å². The van der Waals surface area contributed by atoms with Gasteiger partial charge in [-0.1, -0.05) is 12.1 Å². The first-order valence-electron chi connectivity index (χ1n) is 7.25. The first-order valence-corrected chi connectivity index (χ1v) is 7.25. The van der Waals surface area contributed by atoms with E-state index in [1.807, 2.05) is 0 Å². The lowest BCUT2D eigenvalue weighted by Gasteiger charge is -2.14. The number of nitro groups is 2. The smallest absolute Gasteiger partial charge is 0.338 e. The molecule has 0 aromatic heterocycles. The third-order valence-electron chi connectivity index (χ3n) is 3.53. The highest BCUT2D eigenvalue weighted by Gasteiger charge is 2.20. The normalized spacial score (nSPS) is 11.4. The predicted octanol–water partition coefficient (Wildman–Crippen LogP) is 3.46. The fourth-order valence-corrected chi connectivity index (χ4v) is 2.21. The predicted molar refractivity (Wildman–Crippen MR) is 89.6 cm³/mol. The number of ether oxygens (including phenoxy) is 1. The number of nitro benzene ring substituents is 2. The number of esters is 1. The monoisotopic (exact) mass is 345 g/mol. The Morgan fingerprint density at radius 3 is 2.44 bits per heavy atom. The zero-order valence-electron chi connectivity index (χ0n) is 13.5. The van der Waals surface area contributed by atoms with E-state index < -0.39 is 21.9 Å². The Kier molecular flexibility index (Phi) is 5.28. The molecule has 9 nitrogen and oxygen atoms in total. The lowest BCUT2D eigenvalue weighted by atomic mass is 10.1. The van der Waals surface area contributed by atoms with Gasteiger partial charge in [0.05, 0.1) is 15.4 Å². The average molecular weight is 345 g/mol. The summed E-state index contributed by atoms with van der Waals surface area (Å²) in [6.45, 7) is 1.56. The van der Waals surface area contributed by atoms with Crippen molar-refractivity contribution in [2.45, 2.75) is 13.0 Å². The van der Waals surface area contributed by atoms with Gasteiger partial charge in [0.15, 0.2) is 0 Å². The zero-order valence-corrected chi connectivity index (χ0v) is 13.5. The van der Waals surface area contributed by atoms with Gasteiger partial charge in [-0.15, -0.1) is 0 Å². The maximum Gasteiger partial charge on any atom is 0.338 e. The average Bonchev–Trinajstić information content (AvgIpc) is 2.60. The van der Waals surface area contributed by atoms with E-state index in [0.717, 1.165) is 6.07 Å². The molecule has 130 valence electrons. The topological polar surface area (TPSA) is 125 Å². The van der Waals surface area contributed by atoms with Gasteiger partial charge in [0.1, 0.15) is 11.8 Å². The van der Waals surface area contributed by atoms with E-state index in [0.29, 0.717) is 5.56 Å². The molecule has 0 heterocycles. The number of benzene rings is 2. The van der Waals surface area contributed by atoms with Crippen LogP contribution >= 0.6 is 0 Å². The molecule has 0 aliphatic heterocycles. The molecule has 0 spiro atoms. The van der Waals surface area contributed by atoms with Crippen molar-refractivity contribution in [3.8, 4) is 0 Å². The zero-order chi connectivity index (χ0) is 18.6. The molecule has 0 fully saturated rings. The van der Waals surface area contributed by atoms with E-state index in [1.54, 1.807) is 13.0 Å². The summed E-state index contributed by atoms with van der Waals surface area (Å²) < 4.78 is 5.26. The number of nitrogens with one attached hydrogen (secondary N) is 1. The van der Waals surface area contributed by atoms with Gasteiger partial charge in [0.2, 0.25) is 0 Å². The van der Waals surface area contributed by atoms with E-state index in [2.05, 4.69) is 5.32 Å². The van der Waals surface area contributed by atoms with Gasteiger partial charge in [0.25, 0.3) is 11.4 Å². The van der Waals surface area contributed by atoms with Crippen LogP contribution in [0, 0.1) is 20.2 Å². The van der Waals surface area contributed by atoms with Crippen LogP contribution in [0.3, 0.4) is 0 Å². The van der Waals surface area contributed by atoms with Crippen LogP contribution in [-0.2, 0) is 4.74 Å². The van der Waals surface area contributed by atoms with E-state index in [9.17, 15) is 25.0 Å². The maximum absolute atomic E-state index is 12.2.